The summed E-state index contributed by atoms with van der Waals surface area (Å²) in [6.45, 7) is 4.01. The topological polar surface area (TPSA) is 56.3 Å². The van der Waals surface area contributed by atoms with E-state index in [0.29, 0.717) is 17.3 Å². The van der Waals surface area contributed by atoms with Crippen LogP contribution in [0.25, 0.3) is 10.9 Å². The summed E-state index contributed by atoms with van der Waals surface area (Å²) in [7, 11) is 3.25. The lowest BCUT2D eigenvalue weighted by Gasteiger charge is -2.16. The minimum Gasteiger partial charge on any atom is -0.493 e. The third-order valence-electron chi connectivity index (χ3n) is 3.64. The van der Waals surface area contributed by atoms with Gasteiger partial charge in [0.1, 0.15) is 11.6 Å². The first kappa shape index (κ1) is 15.6. The molecule has 2 aromatic heterocycles. The maximum absolute atomic E-state index is 5.40. The molecule has 6 heteroatoms. The van der Waals surface area contributed by atoms with Crippen molar-refractivity contribution in [3.63, 3.8) is 0 Å². The van der Waals surface area contributed by atoms with Gasteiger partial charge in [-0.25, -0.2) is 9.97 Å². The van der Waals surface area contributed by atoms with Crippen LogP contribution in [0.2, 0.25) is 0 Å². The number of aryl methyl sites for hydroxylation is 1. The van der Waals surface area contributed by atoms with Gasteiger partial charge in [0.25, 0.3) is 0 Å². The van der Waals surface area contributed by atoms with Gasteiger partial charge in [0.05, 0.1) is 25.8 Å². The lowest BCUT2D eigenvalue weighted by atomic mass is 10.2. The van der Waals surface area contributed by atoms with Gasteiger partial charge in [-0.15, -0.1) is 11.3 Å². The van der Waals surface area contributed by atoms with Crippen LogP contribution in [0.4, 0.5) is 5.82 Å². The standard InChI is InChI=1S/C17H19N3O2S/c1-10(16-6-5-7-23-16)18-17-12-8-14(21-3)15(22-4)9-13(12)19-11(2)20-17/h5-10H,1-4H3,(H,18,19,20). The van der Waals surface area contributed by atoms with Crippen LogP contribution in [0.3, 0.4) is 0 Å². The average molecular weight is 329 g/mol. The number of hydrogen-bond acceptors (Lipinski definition) is 6. The molecule has 120 valence electrons. The van der Waals surface area contributed by atoms with Crippen LogP contribution in [0, 0.1) is 6.92 Å². The van der Waals surface area contributed by atoms with Crippen LogP contribution in [0.5, 0.6) is 11.5 Å². The first-order chi connectivity index (χ1) is 11.1. The molecule has 1 aromatic carbocycles. The fraction of sp³-hybridized carbons (Fsp3) is 0.294. The van der Waals surface area contributed by atoms with Crippen LogP contribution >= 0.6 is 11.3 Å². The van der Waals surface area contributed by atoms with Gasteiger partial charge in [-0.3, -0.25) is 0 Å². The number of fused-ring (bicyclic) bond motifs is 1. The van der Waals surface area contributed by atoms with E-state index in [1.807, 2.05) is 19.1 Å². The Bertz CT molecular complexity index is 818. The van der Waals surface area contributed by atoms with Crippen molar-refractivity contribution in [3.05, 3.63) is 40.3 Å². The van der Waals surface area contributed by atoms with E-state index < -0.39 is 0 Å². The third kappa shape index (κ3) is 3.07. The van der Waals surface area contributed by atoms with Crippen molar-refractivity contribution in [2.75, 3.05) is 19.5 Å². The number of anilines is 1. The van der Waals surface area contributed by atoms with Crippen LogP contribution < -0.4 is 14.8 Å². The Morgan fingerprint density at radius 2 is 1.87 bits per heavy atom. The molecule has 0 fully saturated rings. The highest BCUT2D eigenvalue weighted by Crippen LogP contribution is 2.35. The molecular weight excluding hydrogens is 310 g/mol. The summed E-state index contributed by atoms with van der Waals surface area (Å²) >= 11 is 1.72. The Labute approximate surface area is 139 Å². The molecule has 1 atom stereocenters. The predicted molar refractivity (Wildman–Crippen MR) is 93.7 cm³/mol. The summed E-state index contributed by atoms with van der Waals surface area (Å²) < 4.78 is 10.8. The van der Waals surface area contributed by atoms with Crippen molar-refractivity contribution in [1.82, 2.24) is 9.97 Å². The fourth-order valence-corrected chi connectivity index (χ4v) is 3.23. The first-order valence-electron chi connectivity index (χ1n) is 7.32. The van der Waals surface area contributed by atoms with E-state index in [4.69, 9.17) is 9.47 Å². The number of aromatic nitrogens is 2. The Hall–Kier alpha value is -2.34. The molecule has 0 saturated heterocycles. The summed E-state index contributed by atoms with van der Waals surface area (Å²) in [5.41, 5.74) is 0.830. The van der Waals surface area contributed by atoms with Crippen LogP contribution in [0.1, 0.15) is 23.7 Å². The number of hydrogen-bond donors (Lipinski definition) is 1. The van der Waals surface area contributed by atoms with Crippen molar-refractivity contribution >= 4 is 28.1 Å². The van der Waals surface area contributed by atoms with Gasteiger partial charge in [0.2, 0.25) is 0 Å². The molecule has 0 aliphatic heterocycles. The van der Waals surface area contributed by atoms with Crippen LogP contribution in [-0.2, 0) is 0 Å². The highest BCUT2D eigenvalue weighted by molar-refractivity contribution is 7.10. The molecule has 0 spiro atoms. The Balaban J connectivity index is 2.08. The second-order valence-corrected chi connectivity index (χ2v) is 6.20. The van der Waals surface area contributed by atoms with E-state index in [1.54, 1.807) is 25.6 Å². The normalized spacial score (nSPS) is 12.2. The number of methoxy groups -OCH3 is 2. The zero-order valence-corrected chi connectivity index (χ0v) is 14.4. The van der Waals surface area contributed by atoms with Gasteiger partial charge in [-0.2, -0.15) is 0 Å². The Morgan fingerprint density at radius 1 is 1.13 bits per heavy atom. The lowest BCUT2D eigenvalue weighted by molar-refractivity contribution is 0.356. The summed E-state index contributed by atoms with van der Waals surface area (Å²) in [5, 5.41) is 6.47. The molecule has 0 radical (unpaired) electrons. The van der Waals surface area contributed by atoms with E-state index in [1.165, 1.54) is 4.88 Å². The van der Waals surface area contributed by atoms with E-state index >= 15 is 0 Å². The van der Waals surface area contributed by atoms with Crippen LogP contribution in [-0.4, -0.2) is 24.2 Å². The van der Waals surface area contributed by atoms with Gasteiger partial charge < -0.3 is 14.8 Å². The summed E-state index contributed by atoms with van der Waals surface area (Å²) in [5.74, 6) is 2.84. The van der Waals surface area contributed by atoms with Crippen molar-refractivity contribution < 1.29 is 9.47 Å². The SMILES string of the molecule is COc1cc2nc(C)nc(NC(C)c3cccs3)c2cc1OC. The number of nitrogens with one attached hydrogen (secondary N) is 1. The van der Waals surface area contributed by atoms with Gasteiger partial charge in [-0.05, 0) is 31.4 Å². The molecule has 3 aromatic rings. The minimum absolute atomic E-state index is 0.167. The summed E-state index contributed by atoms with van der Waals surface area (Å²) in [6, 6.07) is 8.12. The molecule has 0 saturated carbocycles. The molecule has 0 bridgehead atoms. The summed E-state index contributed by atoms with van der Waals surface area (Å²) in [6.07, 6.45) is 0. The van der Waals surface area contributed by atoms with Crippen LogP contribution in [0.15, 0.2) is 29.6 Å². The Morgan fingerprint density at radius 3 is 2.52 bits per heavy atom. The van der Waals surface area contributed by atoms with Crippen molar-refractivity contribution in [1.29, 1.82) is 0 Å². The quantitative estimate of drug-likeness (QED) is 0.760. The maximum atomic E-state index is 5.40. The van der Waals surface area contributed by atoms with Gasteiger partial charge in [-0.1, -0.05) is 6.07 Å². The number of thiophene rings is 1. The largest absolute Gasteiger partial charge is 0.493 e. The first-order valence-corrected chi connectivity index (χ1v) is 8.20. The van der Waals surface area contributed by atoms with Gasteiger partial charge >= 0.3 is 0 Å². The van der Waals surface area contributed by atoms with E-state index in [2.05, 4.69) is 39.7 Å². The molecular formula is C17H19N3O2S. The zero-order valence-electron chi connectivity index (χ0n) is 13.6. The smallest absolute Gasteiger partial charge is 0.162 e. The minimum atomic E-state index is 0.167. The number of ether oxygens (including phenoxy) is 2. The molecule has 2 heterocycles. The number of rotatable bonds is 5. The van der Waals surface area contributed by atoms with Crippen molar-refractivity contribution in [3.8, 4) is 11.5 Å². The van der Waals surface area contributed by atoms with Gasteiger partial charge in [0.15, 0.2) is 11.5 Å². The highest BCUT2D eigenvalue weighted by Gasteiger charge is 2.14. The van der Waals surface area contributed by atoms with Crippen molar-refractivity contribution in [2.45, 2.75) is 19.9 Å². The monoisotopic (exact) mass is 329 g/mol. The molecule has 0 aliphatic carbocycles. The molecule has 0 aliphatic rings. The van der Waals surface area contributed by atoms with E-state index in [9.17, 15) is 0 Å². The molecule has 3 rings (SSSR count). The molecule has 1 unspecified atom stereocenters. The predicted octanol–water partition coefficient (Wildman–Crippen LogP) is 4.19. The fourth-order valence-electron chi connectivity index (χ4n) is 2.50. The molecule has 0 amide bonds. The molecule has 5 nitrogen and oxygen atoms in total. The average Bonchev–Trinajstić information content (AvgIpc) is 3.08. The Kier molecular flexibility index (Phi) is 4.34. The van der Waals surface area contributed by atoms with Gasteiger partial charge in [0, 0.05) is 16.3 Å². The van der Waals surface area contributed by atoms with Crippen molar-refractivity contribution in [2.24, 2.45) is 0 Å². The number of nitrogens with zero attached hydrogens (tertiary/aromatic N) is 2. The van der Waals surface area contributed by atoms with E-state index in [0.717, 1.165) is 16.7 Å². The lowest BCUT2D eigenvalue weighted by Crippen LogP contribution is -2.08. The molecule has 23 heavy (non-hydrogen) atoms. The molecule has 1 N–H and O–H groups in total. The zero-order chi connectivity index (χ0) is 16.4. The highest BCUT2D eigenvalue weighted by atomic mass is 32.1. The second-order valence-electron chi connectivity index (χ2n) is 5.23. The number of benzene rings is 1. The second kappa shape index (κ2) is 6.42. The van der Waals surface area contributed by atoms with E-state index in [-0.39, 0.29) is 6.04 Å². The summed E-state index contributed by atoms with van der Waals surface area (Å²) in [4.78, 5) is 10.3. The maximum Gasteiger partial charge on any atom is 0.162 e. The third-order valence-corrected chi connectivity index (χ3v) is 4.69.